The lowest BCUT2D eigenvalue weighted by molar-refractivity contribution is 0.346. The molecule has 3 aromatic rings. The van der Waals surface area contributed by atoms with Crippen LogP contribution in [0.1, 0.15) is 32.4 Å². The lowest BCUT2D eigenvalue weighted by Crippen LogP contribution is -2.26. The predicted octanol–water partition coefficient (Wildman–Crippen LogP) is 4.36. The van der Waals surface area contributed by atoms with Crippen LogP contribution in [-0.4, -0.2) is 15.0 Å². The molecule has 23 heavy (non-hydrogen) atoms. The zero-order chi connectivity index (χ0) is 16.4. The Morgan fingerprint density at radius 3 is 2.35 bits per heavy atom. The molecule has 4 nitrogen and oxygen atoms in total. The molecule has 3 rings (SSSR count). The minimum absolute atomic E-state index is 0.00952. The number of nitrogens with zero attached hydrogens (tertiary/aromatic N) is 3. The standard InChI is InChI=1S/C18H19FN4/c1-18(2,3)16(12-4-6-13(19)7-5-12)22-15-9-8-14-17(23-15)21-11-10-20-14/h4-11,16H,1-3H3,(H,21,22,23). The van der Waals surface area contributed by atoms with E-state index in [9.17, 15) is 4.39 Å². The van der Waals surface area contributed by atoms with Crippen molar-refractivity contribution in [1.29, 1.82) is 0 Å². The van der Waals surface area contributed by atoms with E-state index in [1.165, 1.54) is 12.1 Å². The van der Waals surface area contributed by atoms with Crippen molar-refractivity contribution in [2.24, 2.45) is 5.41 Å². The minimum atomic E-state index is -0.236. The van der Waals surface area contributed by atoms with Crippen molar-refractivity contribution in [1.82, 2.24) is 15.0 Å². The SMILES string of the molecule is CC(C)(C)C(Nc1ccc2nccnc2n1)c1ccc(F)cc1. The lowest BCUT2D eigenvalue weighted by Gasteiger charge is -2.32. The Hall–Kier alpha value is -2.56. The Balaban J connectivity index is 1.95. The number of hydrogen-bond donors (Lipinski definition) is 1. The van der Waals surface area contributed by atoms with Gasteiger partial charge in [0.05, 0.1) is 6.04 Å². The van der Waals surface area contributed by atoms with Crippen LogP contribution in [-0.2, 0) is 0 Å². The van der Waals surface area contributed by atoms with Crippen LogP contribution in [0.5, 0.6) is 0 Å². The highest BCUT2D eigenvalue weighted by Crippen LogP contribution is 2.35. The Morgan fingerprint density at radius 2 is 1.65 bits per heavy atom. The summed E-state index contributed by atoms with van der Waals surface area (Å²) in [6.45, 7) is 6.40. The van der Waals surface area contributed by atoms with Crippen molar-refractivity contribution in [2.45, 2.75) is 26.8 Å². The second-order valence-electron chi connectivity index (χ2n) is 6.59. The first-order chi connectivity index (χ1) is 10.9. The number of nitrogens with one attached hydrogen (secondary N) is 1. The van der Waals surface area contributed by atoms with Crippen LogP contribution in [0, 0.1) is 11.2 Å². The number of halogens is 1. The number of hydrogen-bond acceptors (Lipinski definition) is 4. The highest BCUT2D eigenvalue weighted by atomic mass is 19.1. The van der Waals surface area contributed by atoms with E-state index in [0.717, 1.165) is 16.9 Å². The number of anilines is 1. The van der Waals surface area contributed by atoms with Crippen LogP contribution in [0.2, 0.25) is 0 Å². The number of aromatic nitrogens is 3. The van der Waals surface area contributed by atoms with Gasteiger partial charge in [-0.3, -0.25) is 4.98 Å². The van der Waals surface area contributed by atoms with Gasteiger partial charge in [-0.15, -0.1) is 0 Å². The van der Waals surface area contributed by atoms with Gasteiger partial charge in [-0.2, -0.15) is 0 Å². The van der Waals surface area contributed by atoms with Crippen LogP contribution in [0.3, 0.4) is 0 Å². The van der Waals surface area contributed by atoms with Crippen molar-refractivity contribution in [2.75, 3.05) is 5.32 Å². The molecule has 1 N–H and O–H groups in total. The van der Waals surface area contributed by atoms with Gasteiger partial charge in [0.1, 0.15) is 17.2 Å². The third kappa shape index (κ3) is 3.44. The molecule has 0 aliphatic rings. The van der Waals surface area contributed by atoms with Crippen LogP contribution in [0.15, 0.2) is 48.8 Å². The Kier molecular flexibility index (Phi) is 3.94. The lowest BCUT2D eigenvalue weighted by atomic mass is 9.82. The summed E-state index contributed by atoms with van der Waals surface area (Å²) in [6.07, 6.45) is 3.27. The number of pyridine rings is 1. The maximum absolute atomic E-state index is 13.2. The molecule has 1 unspecified atom stereocenters. The molecule has 0 saturated carbocycles. The smallest absolute Gasteiger partial charge is 0.180 e. The first kappa shape index (κ1) is 15.3. The normalized spacial score (nSPS) is 13.0. The van der Waals surface area contributed by atoms with Crippen molar-refractivity contribution in [3.8, 4) is 0 Å². The van der Waals surface area contributed by atoms with Crippen LogP contribution in [0.4, 0.5) is 10.2 Å². The largest absolute Gasteiger partial charge is 0.363 e. The van der Waals surface area contributed by atoms with Gasteiger partial charge in [0.15, 0.2) is 5.65 Å². The van der Waals surface area contributed by atoms with E-state index < -0.39 is 0 Å². The van der Waals surface area contributed by atoms with Crippen LogP contribution >= 0.6 is 0 Å². The van der Waals surface area contributed by atoms with Gasteiger partial charge in [0.25, 0.3) is 0 Å². The molecule has 2 aromatic heterocycles. The van der Waals surface area contributed by atoms with E-state index in [1.54, 1.807) is 24.5 Å². The molecule has 1 aromatic carbocycles. The van der Waals surface area contributed by atoms with Gasteiger partial charge >= 0.3 is 0 Å². The molecule has 0 radical (unpaired) electrons. The van der Waals surface area contributed by atoms with E-state index in [4.69, 9.17) is 0 Å². The summed E-state index contributed by atoms with van der Waals surface area (Å²) < 4.78 is 13.2. The average Bonchev–Trinajstić information content (AvgIpc) is 2.52. The van der Waals surface area contributed by atoms with E-state index in [1.807, 2.05) is 12.1 Å². The van der Waals surface area contributed by atoms with Gasteiger partial charge in [0, 0.05) is 12.4 Å². The molecular weight excluding hydrogens is 291 g/mol. The molecule has 118 valence electrons. The zero-order valence-electron chi connectivity index (χ0n) is 13.4. The fourth-order valence-electron chi connectivity index (χ4n) is 2.54. The minimum Gasteiger partial charge on any atom is -0.363 e. The van der Waals surface area contributed by atoms with E-state index >= 15 is 0 Å². The van der Waals surface area contributed by atoms with E-state index in [0.29, 0.717) is 5.65 Å². The van der Waals surface area contributed by atoms with E-state index in [-0.39, 0.29) is 17.3 Å². The highest BCUT2D eigenvalue weighted by Gasteiger charge is 2.26. The van der Waals surface area contributed by atoms with Crippen molar-refractivity contribution in [3.63, 3.8) is 0 Å². The Morgan fingerprint density at radius 1 is 0.957 bits per heavy atom. The van der Waals surface area contributed by atoms with Gasteiger partial charge in [-0.25, -0.2) is 14.4 Å². The van der Waals surface area contributed by atoms with Gasteiger partial charge in [-0.1, -0.05) is 32.9 Å². The van der Waals surface area contributed by atoms with Crippen molar-refractivity contribution in [3.05, 3.63) is 60.2 Å². The van der Waals surface area contributed by atoms with Crippen molar-refractivity contribution >= 4 is 17.0 Å². The van der Waals surface area contributed by atoms with Crippen molar-refractivity contribution < 1.29 is 4.39 Å². The van der Waals surface area contributed by atoms with Gasteiger partial charge in [0.2, 0.25) is 0 Å². The topological polar surface area (TPSA) is 50.7 Å². The second kappa shape index (κ2) is 5.91. The first-order valence-electron chi connectivity index (χ1n) is 7.53. The fourth-order valence-corrected chi connectivity index (χ4v) is 2.54. The van der Waals surface area contributed by atoms with Crippen LogP contribution < -0.4 is 5.32 Å². The zero-order valence-corrected chi connectivity index (χ0v) is 13.4. The summed E-state index contributed by atoms with van der Waals surface area (Å²) in [4.78, 5) is 13.0. The first-order valence-corrected chi connectivity index (χ1v) is 7.53. The third-order valence-electron chi connectivity index (χ3n) is 3.69. The molecule has 5 heteroatoms. The summed E-state index contributed by atoms with van der Waals surface area (Å²) in [5.41, 5.74) is 2.30. The Bertz CT molecular complexity index is 809. The molecule has 0 bridgehead atoms. The summed E-state index contributed by atoms with van der Waals surface area (Å²) >= 11 is 0. The molecule has 0 aliphatic heterocycles. The summed E-state index contributed by atoms with van der Waals surface area (Å²) in [6, 6.07) is 10.3. The van der Waals surface area contributed by atoms with Crippen LogP contribution in [0.25, 0.3) is 11.2 Å². The average molecular weight is 310 g/mol. The maximum atomic E-state index is 13.2. The monoisotopic (exact) mass is 310 g/mol. The fraction of sp³-hybridized carbons (Fsp3) is 0.278. The van der Waals surface area contributed by atoms with Gasteiger partial charge < -0.3 is 5.32 Å². The molecule has 0 aliphatic carbocycles. The molecule has 0 spiro atoms. The van der Waals surface area contributed by atoms with Gasteiger partial charge in [-0.05, 0) is 35.2 Å². The third-order valence-corrected chi connectivity index (χ3v) is 3.69. The summed E-state index contributed by atoms with van der Waals surface area (Å²) in [5.74, 6) is 0.489. The summed E-state index contributed by atoms with van der Waals surface area (Å²) in [7, 11) is 0. The Labute approximate surface area is 134 Å². The molecule has 1 atom stereocenters. The highest BCUT2D eigenvalue weighted by molar-refractivity contribution is 5.71. The number of rotatable bonds is 3. The molecule has 0 fully saturated rings. The molecule has 0 amide bonds. The molecular formula is C18H19FN4. The van der Waals surface area contributed by atoms with E-state index in [2.05, 4.69) is 41.0 Å². The second-order valence-corrected chi connectivity index (χ2v) is 6.59. The molecule has 2 heterocycles. The quantitative estimate of drug-likeness (QED) is 0.781. The number of fused-ring (bicyclic) bond motifs is 1. The molecule has 0 saturated heterocycles. The maximum Gasteiger partial charge on any atom is 0.180 e. The number of benzene rings is 1. The predicted molar refractivity (Wildman–Crippen MR) is 89.6 cm³/mol. The summed E-state index contributed by atoms with van der Waals surface area (Å²) in [5, 5.41) is 3.45.